The molecule has 3 nitrogen and oxygen atoms in total. The van der Waals surface area contributed by atoms with Crippen molar-refractivity contribution in [3.8, 4) is 0 Å². The first-order valence-corrected chi connectivity index (χ1v) is 7.60. The fraction of sp³-hybridized carbons (Fsp3) is 0.278. The van der Waals surface area contributed by atoms with E-state index in [1.54, 1.807) is 12.1 Å². The number of benzene rings is 2. The summed E-state index contributed by atoms with van der Waals surface area (Å²) in [6, 6.07) is 14.3. The molecule has 1 aliphatic carbocycles. The van der Waals surface area contributed by atoms with Crippen molar-refractivity contribution in [2.75, 3.05) is 17.2 Å². The maximum absolute atomic E-state index is 12.8. The normalized spacial score (nSPS) is 13.7. The molecule has 2 N–H and O–H groups in total. The summed E-state index contributed by atoms with van der Waals surface area (Å²) in [5.74, 6) is 0.131. The molecule has 0 bridgehead atoms. The van der Waals surface area contributed by atoms with Gasteiger partial charge in [0.25, 0.3) is 0 Å². The first kappa shape index (κ1) is 14.6. The molecule has 2 aromatic rings. The molecule has 0 unspecified atom stereocenters. The number of carbonyl (C=O) groups is 1. The molecule has 0 heterocycles. The molecule has 1 fully saturated rings. The number of carbonyl (C=O) groups excluding carboxylic acids is 1. The maximum Gasteiger partial charge on any atom is 0.227 e. The fourth-order valence-corrected chi connectivity index (χ4v) is 2.26. The molecular formula is C18H19FN2O. The van der Waals surface area contributed by atoms with E-state index in [0.29, 0.717) is 0 Å². The van der Waals surface area contributed by atoms with Crippen molar-refractivity contribution in [3.05, 3.63) is 59.9 Å². The van der Waals surface area contributed by atoms with Gasteiger partial charge in [-0.1, -0.05) is 12.1 Å². The van der Waals surface area contributed by atoms with E-state index < -0.39 is 0 Å². The van der Waals surface area contributed by atoms with Crippen LogP contribution in [0.5, 0.6) is 0 Å². The van der Waals surface area contributed by atoms with Crippen molar-refractivity contribution in [3.63, 3.8) is 0 Å². The van der Waals surface area contributed by atoms with Gasteiger partial charge in [-0.25, -0.2) is 4.39 Å². The van der Waals surface area contributed by atoms with E-state index in [1.807, 2.05) is 24.3 Å². The molecule has 1 aliphatic rings. The highest BCUT2D eigenvalue weighted by Crippen LogP contribution is 2.30. The monoisotopic (exact) mass is 298 g/mol. The number of anilines is 2. The number of hydrogen-bond acceptors (Lipinski definition) is 2. The van der Waals surface area contributed by atoms with Gasteiger partial charge < -0.3 is 10.6 Å². The summed E-state index contributed by atoms with van der Waals surface area (Å²) in [6.07, 6.45) is 2.85. The van der Waals surface area contributed by atoms with Crippen LogP contribution in [-0.2, 0) is 11.2 Å². The zero-order chi connectivity index (χ0) is 15.4. The summed E-state index contributed by atoms with van der Waals surface area (Å²) in [7, 11) is 0. The third-order valence-corrected chi connectivity index (χ3v) is 3.76. The van der Waals surface area contributed by atoms with Crippen molar-refractivity contribution in [1.82, 2.24) is 0 Å². The van der Waals surface area contributed by atoms with Crippen LogP contribution in [0, 0.1) is 11.7 Å². The summed E-state index contributed by atoms with van der Waals surface area (Å²) in [6.45, 7) is 0.777. The quantitative estimate of drug-likeness (QED) is 0.851. The van der Waals surface area contributed by atoms with Crippen molar-refractivity contribution in [2.24, 2.45) is 5.92 Å². The Labute approximate surface area is 129 Å². The highest BCUT2D eigenvalue weighted by atomic mass is 19.1. The van der Waals surface area contributed by atoms with Crippen LogP contribution in [0.15, 0.2) is 48.5 Å². The van der Waals surface area contributed by atoms with Crippen LogP contribution in [0.4, 0.5) is 15.8 Å². The van der Waals surface area contributed by atoms with Gasteiger partial charge in [0.2, 0.25) is 5.91 Å². The van der Waals surface area contributed by atoms with Gasteiger partial charge in [0.15, 0.2) is 0 Å². The lowest BCUT2D eigenvalue weighted by molar-refractivity contribution is -0.117. The highest BCUT2D eigenvalue weighted by Gasteiger charge is 2.29. The summed E-state index contributed by atoms with van der Waals surface area (Å²) >= 11 is 0. The van der Waals surface area contributed by atoms with Crippen LogP contribution in [0.25, 0.3) is 0 Å². The third kappa shape index (κ3) is 4.07. The van der Waals surface area contributed by atoms with Crippen molar-refractivity contribution < 1.29 is 9.18 Å². The first-order valence-electron chi connectivity index (χ1n) is 7.60. The molecule has 0 aromatic heterocycles. The van der Waals surface area contributed by atoms with Crippen LogP contribution in [0.3, 0.4) is 0 Å². The molecular weight excluding hydrogens is 279 g/mol. The predicted molar refractivity (Wildman–Crippen MR) is 86.4 cm³/mol. The van der Waals surface area contributed by atoms with Crippen LogP contribution in [0.1, 0.15) is 18.4 Å². The lowest BCUT2D eigenvalue weighted by Gasteiger charge is -2.08. The van der Waals surface area contributed by atoms with Gasteiger partial charge in [-0.05, 0) is 61.2 Å². The van der Waals surface area contributed by atoms with Crippen LogP contribution in [-0.4, -0.2) is 12.5 Å². The first-order chi connectivity index (χ1) is 10.7. The summed E-state index contributed by atoms with van der Waals surface area (Å²) in [5, 5.41) is 6.23. The Hall–Kier alpha value is -2.36. The standard InChI is InChI=1S/C18H19FN2O/c19-15-5-1-13(2-6-15)11-12-20-16-7-9-17(10-8-16)21-18(22)14-3-4-14/h1-2,5-10,14,20H,3-4,11-12H2,(H,21,22). The Morgan fingerprint density at radius 1 is 1.00 bits per heavy atom. The zero-order valence-corrected chi connectivity index (χ0v) is 12.3. The SMILES string of the molecule is O=C(Nc1ccc(NCCc2ccc(F)cc2)cc1)C1CC1. The zero-order valence-electron chi connectivity index (χ0n) is 12.3. The average molecular weight is 298 g/mol. The van der Waals surface area contributed by atoms with Crippen molar-refractivity contribution in [2.45, 2.75) is 19.3 Å². The predicted octanol–water partition coefficient (Wildman–Crippen LogP) is 3.83. The molecule has 1 saturated carbocycles. The minimum Gasteiger partial charge on any atom is -0.385 e. The number of rotatable bonds is 6. The van der Waals surface area contributed by atoms with E-state index in [-0.39, 0.29) is 17.6 Å². The van der Waals surface area contributed by atoms with E-state index in [0.717, 1.165) is 42.7 Å². The smallest absolute Gasteiger partial charge is 0.227 e. The lowest BCUT2D eigenvalue weighted by atomic mass is 10.1. The Kier molecular flexibility index (Phi) is 4.37. The largest absolute Gasteiger partial charge is 0.385 e. The Bertz CT molecular complexity index is 633. The summed E-state index contributed by atoms with van der Waals surface area (Å²) in [4.78, 5) is 11.7. The molecule has 0 spiro atoms. The van der Waals surface area contributed by atoms with Gasteiger partial charge >= 0.3 is 0 Å². The molecule has 0 radical (unpaired) electrons. The molecule has 0 aliphatic heterocycles. The number of halogens is 1. The second kappa shape index (κ2) is 6.60. The minimum atomic E-state index is -0.208. The van der Waals surface area contributed by atoms with E-state index in [9.17, 15) is 9.18 Å². The van der Waals surface area contributed by atoms with E-state index in [4.69, 9.17) is 0 Å². The molecule has 0 atom stereocenters. The van der Waals surface area contributed by atoms with Gasteiger partial charge in [-0.15, -0.1) is 0 Å². The summed E-state index contributed by atoms with van der Waals surface area (Å²) in [5.41, 5.74) is 2.94. The van der Waals surface area contributed by atoms with E-state index in [1.165, 1.54) is 12.1 Å². The molecule has 114 valence electrons. The van der Waals surface area contributed by atoms with E-state index in [2.05, 4.69) is 10.6 Å². The second-order valence-electron chi connectivity index (χ2n) is 5.64. The van der Waals surface area contributed by atoms with Crippen molar-refractivity contribution in [1.29, 1.82) is 0 Å². The number of amides is 1. The third-order valence-electron chi connectivity index (χ3n) is 3.76. The van der Waals surface area contributed by atoms with Gasteiger partial charge in [0, 0.05) is 23.8 Å². The van der Waals surface area contributed by atoms with E-state index >= 15 is 0 Å². The number of hydrogen-bond donors (Lipinski definition) is 2. The van der Waals surface area contributed by atoms with Crippen LogP contribution in [0.2, 0.25) is 0 Å². The average Bonchev–Trinajstić information content (AvgIpc) is 3.36. The Balaban J connectivity index is 1.46. The topological polar surface area (TPSA) is 41.1 Å². The minimum absolute atomic E-state index is 0.122. The maximum atomic E-state index is 12.8. The second-order valence-corrected chi connectivity index (χ2v) is 5.64. The molecule has 2 aromatic carbocycles. The molecule has 3 rings (SSSR count). The highest BCUT2D eigenvalue weighted by molar-refractivity contribution is 5.94. The Morgan fingerprint density at radius 3 is 2.27 bits per heavy atom. The fourth-order valence-electron chi connectivity index (χ4n) is 2.26. The van der Waals surface area contributed by atoms with Gasteiger partial charge in [-0.3, -0.25) is 4.79 Å². The molecule has 22 heavy (non-hydrogen) atoms. The summed E-state index contributed by atoms with van der Waals surface area (Å²) < 4.78 is 12.8. The lowest BCUT2D eigenvalue weighted by Crippen LogP contribution is -2.13. The van der Waals surface area contributed by atoms with Crippen LogP contribution < -0.4 is 10.6 Å². The molecule has 0 saturated heterocycles. The van der Waals surface area contributed by atoms with Crippen molar-refractivity contribution >= 4 is 17.3 Å². The Morgan fingerprint density at radius 2 is 1.64 bits per heavy atom. The van der Waals surface area contributed by atoms with Gasteiger partial charge in [0.1, 0.15) is 5.82 Å². The molecule has 1 amide bonds. The van der Waals surface area contributed by atoms with Gasteiger partial charge in [0.05, 0.1) is 0 Å². The van der Waals surface area contributed by atoms with Gasteiger partial charge in [-0.2, -0.15) is 0 Å². The number of nitrogens with one attached hydrogen (secondary N) is 2. The van der Waals surface area contributed by atoms with Crippen LogP contribution >= 0.6 is 0 Å². The molecule has 4 heteroatoms.